The Hall–Kier alpha value is -4.91. The quantitative estimate of drug-likeness (QED) is 0.339. The Kier molecular flexibility index (Phi) is 7.26. The van der Waals surface area contributed by atoms with Crippen LogP contribution in [0.1, 0.15) is 15.9 Å². The molecule has 3 aromatic rings. The first kappa shape index (κ1) is 28.2. The van der Waals surface area contributed by atoms with Crippen molar-refractivity contribution in [1.29, 1.82) is 0 Å². The van der Waals surface area contributed by atoms with Gasteiger partial charge in [-0.2, -0.15) is 0 Å². The standard InChI is InChI=1S/C30H29N5O7S/c36-26(18-42-22-6-2-1-3-7-22)35-17-25(30(19-35)28(38)32-29(39)33-30)31-27(37)21-12-10-20(11-13-21)16-34-14-15-43(40,41)24-9-5-4-8-23(24)34/h1-13,25H,14-19H2,(H,31,37)(H2,32,33,38,39)/t25-,30+/m1/s1. The molecule has 0 aliphatic carbocycles. The maximum atomic E-state index is 13.3. The second-order valence-electron chi connectivity index (χ2n) is 10.7. The molecule has 2 saturated heterocycles. The van der Waals surface area contributed by atoms with Crippen molar-refractivity contribution in [3.63, 3.8) is 0 Å². The number of amides is 5. The van der Waals surface area contributed by atoms with E-state index in [1.165, 1.54) is 4.90 Å². The van der Waals surface area contributed by atoms with Crippen molar-refractivity contribution < 1.29 is 32.3 Å². The molecule has 13 heteroatoms. The highest BCUT2D eigenvalue weighted by molar-refractivity contribution is 7.91. The Morgan fingerprint density at radius 2 is 1.70 bits per heavy atom. The lowest BCUT2D eigenvalue weighted by molar-refractivity contribution is -0.132. The van der Waals surface area contributed by atoms with Gasteiger partial charge in [-0.3, -0.25) is 19.7 Å². The minimum atomic E-state index is -3.32. The number of para-hydroxylation sites is 2. The fraction of sp³-hybridized carbons (Fsp3) is 0.267. The molecule has 0 saturated carbocycles. The summed E-state index contributed by atoms with van der Waals surface area (Å²) in [6.45, 7) is 0.398. The van der Waals surface area contributed by atoms with Crippen molar-refractivity contribution in [3.8, 4) is 5.75 Å². The number of anilines is 1. The Morgan fingerprint density at radius 3 is 2.42 bits per heavy atom. The Labute approximate surface area is 247 Å². The summed E-state index contributed by atoms with van der Waals surface area (Å²) in [5, 5.41) is 7.67. The molecule has 0 aromatic heterocycles. The van der Waals surface area contributed by atoms with Gasteiger partial charge in [-0.05, 0) is 42.0 Å². The predicted molar refractivity (Wildman–Crippen MR) is 155 cm³/mol. The predicted octanol–water partition coefficient (Wildman–Crippen LogP) is 1.08. The van der Waals surface area contributed by atoms with Gasteiger partial charge in [-0.1, -0.05) is 42.5 Å². The van der Waals surface area contributed by atoms with Crippen molar-refractivity contribution in [3.05, 3.63) is 90.0 Å². The van der Waals surface area contributed by atoms with E-state index in [0.29, 0.717) is 35.0 Å². The van der Waals surface area contributed by atoms with Crippen LogP contribution in [0.15, 0.2) is 83.8 Å². The summed E-state index contributed by atoms with van der Waals surface area (Å²) in [5.74, 6) is -0.962. The van der Waals surface area contributed by atoms with E-state index in [-0.39, 0.29) is 25.4 Å². The van der Waals surface area contributed by atoms with Gasteiger partial charge in [0.25, 0.3) is 17.7 Å². The molecule has 43 heavy (non-hydrogen) atoms. The van der Waals surface area contributed by atoms with Crippen LogP contribution >= 0.6 is 0 Å². The van der Waals surface area contributed by atoms with Crippen LogP contribution < -0.4 is 25.6 Å². The number of hydrogen-bond donors (Lipinski definition) is 3. The largest absolute Gasteiger partial charge is 0.484 e. The number of hydrogen-bond acceptors (Lipinski definition) is 8. The molecule has 2 fully saturated rings. The molecular weight excluding hydrogens is 574 g/mol. The summed E-state index contributed by atoms with van der Waals surface area (Å²) in [7, 11) is -3.32. The van der Waals surface area contributed by atoms with Crippen LogP contribution in [0.4, 0.5) is 10.5 Å². The van der Waals surface area contributed by atoms with Crippen LogP contribution in [-0.4, -0.2) is 80.6 Å². The second-order valence-corrected chi connectivity index (χ2v) is 12.8. The molecule has 3 heterocycles. The SMILES string of the molecule is O=C1NC(=O)[C@@]2(CN(C(=O)COc3ccccc3)C[C@H]2NC(=O)c2ccc(CN3CCS(=O)(=O)c4ccccc43)cc2)N1. The van der Waals surface area contributed by atoms with E-state index >= 15 is 0 Å². The van der Waals surface area contributed by atoms with E-state index in [2.05, 4.69) is 16.0 Å². The molecule has 0 bridgehead atoms. The van der Waals surface area contributed by atoms with E-state index in [9.17, 15) is 27.6 Å². The lowest BCUT2D eigenvalue weighted by Crippen LogP contribution is -2.62. The van der Waals surface area contributed by atoms with Gasteiger partial charge in [0, 0.05) is 25.2 Å². The zero-order valence-corrected chi connectivity index (χ0v) is 23.8. The monoisotopic (exact) mass is 603 g/mol. The molecule has 3 aliphatic rings. The van der Waals surface area contributed by atoms with E-state index in [4.69, 9.17) is 4.74 Å². The number of urea groups is 1. The van der Waals surface area contributed by atoms with Crippen LogP contribution in [0.3, 0.4) is 0 Å². The van der Waals surface area contributed by atoms with E-state index in [0.717, 1.165) is 5.56 Å². The molecule has 0 radical (unpaired) electrons. The topological polar surface area (TPSA) is 154 Å². The average Bonchev–Trinajstić information content (AvgIpc) is 3.51. The lowest BCUT2D eigenvalue weighted by Gasteiger charge is -2.31. The molecule has 3 aliphatic heterocycles. The molecule has 1 spiro atoms. The number of nitrogens with zero attached hydrogens (tertiary/aromatic N) is 2. The summed E-state index contributed by atoms with van der Waals surface area (Å²) in [5.41, 5.74) is 0.326. The first-order valence-electron chi connectivity index (χ1n) is 13.7. The highest BCUT2D eigenvalue weighted by atomic mass is 32.2. The summed E-state index contributed by atoms with van der Waals surface area (Å²) < 4.78 is 30.5. The van der Waals surface area contributed by atoms with Crippen LogP contribution in [0.5, 0.6) is 5.75 Å². The van der Waals surface area contributed by atoms with Gasteiger partial charge in [0.1, 0.15) is 5.75 Å². The van der Waals surface area contributed by atoms with Crippen LogP contribution in [0.25, 0.3) is 0 Å². The van der Waals surface area contributed by atoms with Crippen molar-refractivity contribution in [2.24, 2.45) is 0 Å². The molecule has 3 aromatic carbocycles. The van der Waals surface area contributed by atoms with Crippen molar-refractivity contribution >= 4 is 39.3 Å². The Balaban J connectivity index is 1.13. The number of sulfone groups is 1. The number of imide groups is 1. The van der Waals surface area contributed by atoms with Crippen molar-refractivity contribution in [2.45, 2.75) is 23.0 Å². The fourth-order valence-electron chi connectivity index (χ4n) is 5.66. The van der Waals surface area contributed by atoms with Crippen LogP contribution in [-0.2, 0) is 26.0 Å². The van der Waals surface area contributed by atoms with Gasteiger partial charge in [0.05, 0.1) is 28.9 Å². The molecule has 12 nitrogen and oxygen atoms in total. The third-order valence-corrected chi connectivity index (χ3v) is 9.67. The normalized spacial score (nSPS) is 22.1. The minimum absolute atomic E-state index is 0.00815. The number of nitrogens with one attached hydrogen (secondary N) is 3. The smallest absolute Gasteiger partial charge is 0.322 e. The highest BCUT2D eigenvalue weighted by Crippen LogP contribution is 2.31. The molecule has 5 amide bonds. The van der Waals surface area contributed by atoms with Gasteiger partial charge in [-0.25, -0.2) is 13.2 Å². The molecular formula is C30H29N5O7S. The van der Waals surface area contributed by atoms with E-state index in [1.807, 2.05) is 11.0 Å². The molecule has 0 unspecified atom stereocenters. The first-order chi connectivity index (χ1) is 20.6. The van der Waals surface area contributed by atoms with Gasteiger partial charge < -0.3 is 25.2 Å². The fourth-order valence-corrected chi connectivity index (χ4v) is 7.14. The maximum absolute atomic E-state index is 13.3. The van der Waals surface area contributed by atoms with Crippen molar-refractivity contribution in [1.82, 2.24) is 20.9 Å². The maximum Gasteiger partial charge on any atom is 0.322 e. The third-order valence-electron chi connectivity index (χ3n) is 7.93. The Morgan fingerprint density at radius 1 is 0.977 bits per heavy atom. The zero-order valence-electron chi connectivity index (χ0n) is 23.0. The number of likely N-dealkylation sites (tertiary alicyclic amines) is 1. The van der Waals surface area contributed by atoms with Crippen LogP contribution in [0.2, 0.25) is 0 Å². The van der Waals surface area contributed by atoms with Gasteiger partial charge in [-0.15, -0.1) is 0 Å². The summed E-state index contributed by atoms with van der Waals surface area (Å²) in [6.07, 6.45) is 0. The van der Waals surface area contributed by atoms with Gasteiger partial charge >= 0.3 is 6.03 Å². The first-order valence-corrected chi connectivity index (χ1v) is 15.4. The van der Waals surface area contributed by atoms with E-state index in [1.54, 1.807) is 72.8 Å². The lowest BCUT2D eigenvalue weighted by atomic mass is 9.93. The molecule has 2 atom stereocenters. The number of benzene rings is 3. The summed E-state index contributed by atoms with van der Waals surface area (Å²) in [6, 6.07) is 21.0. The minimum Gasteiger partial charge on any atom is -0.484 e. The number of rotatable bonds is 7. The highest BCUT2D eigenvalue weighted by Gasteiger charge is 2.58. The molecule has 3 N–H and O–H groups in total. The molecule has 222 valence electrons. The number of ether oxygens (including phenoxy) is 1. The number of carbonyl (C=O) groups is 4. The van der Waals surface area contributed by atoms with Crippen molar-refractivity contribution in [2.75, 3.05) is 36.9 Å². The van der Waals surface area contributed by atoms with Crippen LogP contribution in [0, 0.1) is 0 Å². The van der Waals surface area contributed by atoms with Gasteiger partial charge in [0.2, 0.25) is 0 Å². The second kappa shape index (κ2) is 11.1. The summed E-state index contributed by atoms with van der Waals surface area (Å²) >= 11 is 0. The van der Waals surface area contributed by atoms with Gasteiger partial charge in [0.15, 0.2) is 22.0 Å². The average molecular weight is 604 g/mol. The summed E-state index contributed by atoms with van der Waals surface area (Å²) in [4.78, 5) is 54.9. The molecule has 6 rings (SSSR count). The number of fused-ring (bicyclic) bond motifs is 1. The van der Waals surface area contributed by atoms with E-state index < -0.39 is 45.2 Å². The third kappa shape index (κ3) is 5.50. The number of carbonyl (C=O) groups excluding carboxylic acids is 4. The zero-order chi connectivity index (χ0) is 30.2. The Bertz CT molecular complexity index is 1700.